The van der Waals surface area contributed by atoms with Gasteiger partial charge in [0.05, 0.1) is 11.8 Å². The van der Waals surface area contributed by atoms with Crippen LogP contribution in [0.1, 0.15) is 112 Å². The molecule has 0 aromatic rings. The van der Waals surface area contributed by atoms with Crippen LogP contribution in [0.4, 0.5) is 0 Å². The van der Waals surface area contributed by atoms with Crippen molar-refractivity contribution in [3.8, 4) is 0 Å². The quantitative estimate of drug-likeness (QED) is 0.108. The van der Waals surface area contributed by atoms with Gasteiger partial charge in [0.1, 0.15) is 23.8 Å². The van der Waals surface area contributed by atoms with Crippen LogP contribution in [0.15, 0.2) is 11.8 Å². The van der Waals surface area contributed by atoms with Gasteiger partial charge in [-0.2, -0.15) is 0 Å². The van der Waals surface area contributed by atoms with Crippen LogP contribution in [-0.2, 0) is 24.0 Å². The first-order chi connectivity index (χ1) is 23.1. The summed E-state index contributed by atoms with van der Waals surface area (Å²) >= 11 is 0. The molecule has 13 nitrogen and oxygen atoms in total. The van der Waals surface area contributed by atoms with Crippen molar-refractivity contribution >= 4 is 35.2 Å². The molecule has 1 heterocycles. The zero-order chi connectivity index (χ0) is 36.0. The Morgan fingerprint density at radius 1 is 0.918 bits per heavy atom. The van der Waals surface area contributed by atoms with Crippen LogP contribution in [0.25, 0.3) is 0 Å². The number of carbonyl (C=O) groups is 5. The molecule has 3 aliphatic carbocycles. The Labute approximate surface area is 290 Å². The topological polar surface area (TPSA) is 201 Å². The first-order valence-electron chi connectivity index (χ1n) is 18.3. The van der Waals surface area contributed by atoms with E-state index in [4.69, 9.17) is 5.41 Å². The van der Waals surface area contributed by atoms with Crippen molar-refractivity contribution in [3.05, 3.63) is 11.8 Å². The summed E-state index contributed by atoms with van der Waals surface area (Å²) in [7, 11) is 0. The molecule has 274 valence electrons. The van der Waals surface area contributed by atoms with Gasteiger partial charge in [0, 0.05) is 18.7 Å². The minimum absolute atomic E-state index is 0.0617. The molecule has 0 aromatic heterocycles. The molecule has 0 aromatic carbocycles. The average Bonchev–Trinajstić information content (AvgIpc) is 3.61. The fourth-order valence-corrected chi connectivity index (χ4v) is 7.86. The molecule has 5 amide bonds. The van der Waals surface area contributed by atoms with E-state index in [9.17, 15) is 34.2 Å². The van der Waals surface area contributed by atoms with Gasteiger partial charge in [-0.25, -0.2) is 0 Å². The van der Waals surface area contributed by atoms with Crippen molar-refractivity contribution in [3.63, 3.8) is 0 Å². The number of carbonyl (C=O) groups excluding carboxylic acids is 5. The fraction of sp³-hybridized carbons (Fsp3) is 0.778. The number of fused-ring (bicyclic) bond motifs is 1. The van der Waals surface area contributed by atoms with E-state index in [1.807, 2.05) is 27.7 Å². The van der Waals surface area contributed by atoms with Crippen molar-refractivity contribution in [2.45, 2.75) is 148 Å². The van der Waals surface area contributed by atoms with Gasteiger partial charge in [0.25, 0.3) is 11.8 Å². The van der Waals surface area contributed by atoms with E-state index in [1.54, 1.807) is 4.90 Å². The van der Waals surface area contributed by atoms with Crippen LogP contribution in [0.5, 0.6) is 0 Å². The maximum absolute atomic E-state index is 14.6. The van der Waals surface area contributed by atoms with E-state index in [0.29, 0.717) is 32.2 Å². The monoisotopic (exact) mass is 686 g/mol. The number of hydrogen-bond acceptors (Lipinski definition) is 8. The molecule has 4 rings (SSSR count). The molecular formula is C36H58N6O7. The van der Waals surface area contributed by atoms with Gasteiger partial charge in [-0.3, -0.25) is 29.4 Å². The zero-order valence-corrected chi connectivity index (χ0v) is 29.8. The Morgan fingerprint density at radius 3 is 2.18 bits per heavy atom. The number of nitrogens with zero attached hydrogens (tertiary/aromatic N) is 1. The van der Waals surface area contributed by atoms with Gasteiger partial charge in [-0.05, 0) is 75.0 Å². The standard InChI is InChI=1S/C36H58N6O7/c1-6-11-26(29(44)34(48)38-23-16-17-23)39-33(47)28-24-15-10-14-22(24)19-42(28)35(49)30(36(3,4)5)41-32(46)27(21-12-8-7-9-13-21)40-31(45)25(37)18-20(2)43/h18,21-24,26-30,37,43-44H,6-17,19H2,1-5H3,(H,38,48)(H,39,47)(H,40,45)(H,41,46)/b20-18-,37-25?/t22-,24-,26-,27-,28-,29?,30+/m0/s1. The number of likely N-dealkylation sites (tertiary alicyclic amines) is 1. The van der Waals surface area contributed by atoms with E-state index in [-0.39, 0.29) is 29.6 Å². The number of nitrogens with one attached hydrogen (secondary N) is 5. The van der Waals surface area contributed by atoms with Crippen molar-refractivity contribution in [1.82, 2.24) is 26.2 Å². The average molecular weight is 687 g/mol. The highest BCUT2D eigenvalue weighted by molar-refractivity contribution is 6.42. The summed E-state index contributed by atoms with van der Waals surface area (Å²) in [5, 5.41) is 40.0. The highest BCUT2D eigenvalue weighted by Crippen LogP contribution is 2.43. The van der Waals surface area contributed by atoms with E-state index in [1.165, 1.54) is 6.92 Å². The summed E-state index contributed by atoms with van der Waals surface area (Å²) in [5.41, 5.74) is -1.25. The number of aliphatic hydroxyl groups is 2. The molecule has 4 fully saturated rings. The van der Waals surface area contributed by atoms with Gasteiger partial charge in [0.15, 0.2) is 6.10 Å². The number of hydrogen-bond donors (Lipinski definition) is 7. The SMILES string of the molecule is CCC[C@H](NC(=O)[C@@H]1[C@H]2CCC[C@H]2CN1C(=O)[C@@H](NC(=O)[C@@H](NC(=O)C(=N)/C=C(/C)O)C1CCCCC1)C(C)(C)C)C(O)C(=O)NC1CC1. The Morgan fingerprint density at radius 2 is 1.59 bits per heavy atom. The third-order valence-corrected chi connectivity index (χ3v) is 10.6. The van der Waals surface area contributed by atoms with Gasteiger partial charge in [-0.1, -0.05) is 59.8 Å². The van der Waals surface area contributed by atoms with Crippen molar-refractivity contribution in [1.29, 1.82) is 5.41 Å². The highest BCUT2D eigenvalue weighted by atomic mass is 16.3. The van der Waals surface area contributed by atoms with Gasteiger partial charge in [-0.15, -0.1) is 0 Å². The number of amides is 5. The maximum atomic E-state index is 14.6. The van der Waals surface area contributed by atoms with Crippen LogP contribution >= 0.6 is 0 Å². The lowest BCUT2D eigenvalue weighted by atomic mass is 9.82. The Kier molecular flexibility index (Phi) is 12.9. The van der Waals surface area contributed by atoms with Crippen molar-refractivity contribution < 1.29 is 34.2 Å². The molecule has 4 aliphatic rings. The molecule has 1 saturated heterocycles. The molecule has 1 aliphatic heterocycles. The molecule has 1 unspecified atom stereocenters. The molecule has 13 heteroatoms. The van der Waals surface area contributed by atoms with E-state index >= 15 is 0 Å². The third-order valence-electron chi connectivity index (χ3n) is 10.6. The molecule has 7 atom stereocenters. The maximum Gasteiger partial charge on any atom is 0.269 e. The lowest BCUT2D eigenvalue weighted by Crippen LogP contribution is -2.62. The summed E-state index contributed by atoms with van der Waals surface area (Å²) < 4.78 is 0. The summed E-state index contributed by atoms with van der Waals surface area (Å²) in [6.45, 7) is 9.15. The van der Waals surface area contributed by atoms with Gasteiger partial charge >= 0.3 is 0 Å². The minimum atomic E-state index is -1.42. The van der Waals surface area contributed by atoms with Crippen LogP contribution < -0.4 is 21.3 Å². The number of allylic oxidation sites excluding steroid dienone is 1. The largest absolute Gasteiger partial charge is 0.513 e. The second kappa shape index (κ2) is 16.5. The van der Waals surface area contributed by atoms with E-state index in [0.717, 1.165) is 57.4 Å². The molecule has 0 radical (unpaired) electrons. The number of rotatable bonds is 14. The summed E-state index contributed by atoms with van der Waals surface area (Å²) in [5.74, 6) is -2.99. The van der Waals surface area contributed by atoms with Crippen molar-refractivity contribution in [2.75, 3.05) is 6.54 Å². The first-order valence-corrected chi connectivity index (χ1v) is 18.3. The first kappa shape index (κ1) is 38.3. The van der Waals surface area contributed by atoms with Crippen LogP contribution in [0, 0.1) is 28.6 Å². The summed E-state index contributed by atoms with van der Waals surface area (Å²) in [4.78, 5) is 70.0. The Balaban J connectivity index is 1.56. The highest BCUT2D eigenvalue weighted by Gasteiger charge is 2.52. The molecule has 0 bridgehead atoms. The molecule has 3 saturated carbocycles. The lowest BCUT2D eigenvalue weighted by Gasteiger charge is -2.38. The fourth-order valence-electron chi connectivity index (χ4n) is 7.86. The predicted octanol–water partition coefficient (Wildman–Crippen LogP) is 2.62. The molecule has 49 heavy (non-hydrogen) atoms. The second-order valence-electron chi connectivity index (χ2n) is 15.8. The molecular weight excluding hydrogens is 628 g/mol. The second-order valence-corrected chi connectivity index (χ2v) is 15.8. The van der Waals surface area contributed by atoms with Crippen LogP contribution in [0.3, 0.4) is 0 Å². The van der Waals surface area contributed by atoms with Crippen LogP contribution in [0.2, 0.25) is 0 Å². The van der Waals surface area contributed by atoms with Crippen molar-refractivity contribution in [2.24, 2.45) is 23.2 Å². The zero-order valence-electron chi connectivity index (χ0n) is 29.8. The Bertz CT molecular complexity index is 1280. The lowest BCUT2D eigenvalue weighted by molar-refractivity contribution is -0.146. The third kappa shape index (κ3) is 9.82. The molecule has 7 N–H and O–H groups in total. The minimum Gasteiger partial charge on any atom is -0.513 e. The van der Waals surface area contributed by atoms with Gasteiger partial charge < -0.3 is 36.4 Å². The summed E-state index contributed by atoms with van der Waals surface area (Å²) in [6.07, 6.45) is 9.16. The normalized spacial score (nSPS) is 25.4. The number of aliphatic hydroxyl groups excluding tert-OH is 2. The van der Waals surface area contributed by atoms with E-state index in [2.05, 4.69) is 21.3 Å². The van der Waals surface area contributed by atoms with E-state index < -0.39 is 70.9 Å². The van der Waals surface area contributed by atoms with Crippen LogP contribution in [-0.4, -0.2) is 93.2 Å². The smallest absolute Gasteiger partial charge is 0.269 e. The summed E-state index contributed by atoms with van der Waals surface area (Å²) in [6, 6.07) is -3.59. The van der Waals surface area contributed by atoms with Gasteiger partial charge in [0.2, 0.25) is 17.7 Å². The Hall–Kier alpha value is -3.48. The molecule has 0 spiro atoms. The predicted molar refractivity (Wildman–Crippen MR) is 184 cm³/mol.